The number of hydrogen-bond donors (Lipinski definition) is 0. The number of rotatable bonds is 6. The van der Waals surface area contributed by atoms with Gasteiger partial charge in [0.2, 0.25) is 0 Å². The van der Waals surface area contributed by atoms with E-state index >= 15 is 0 Å². The predicted molar refractivity (Wildman–Crippen MR) is 123 cm³/mol. The summed E-state index contributed by atoms with van der Waals surface area (Å²) in [5.41, 5.74) is 2.95. The summed E-state index contributed by atoms with van der Waals surface area (Å²) in [5.74, 6) is -0.235. The topological polar surface area (TPSA) is 57.7 Å². The standard InChI is InChI=1S/C24H23ClN2O3S/c1-2-26(17-18-8-4-3-5-9-18)24(28)20-12-13-21(25)23(16-20)31(29,30)27-15-14-19-10-6-7-11-22(19)27/h3-13,16H,2,14-15,17H2,1H3. The van der Waals surface area contributed by atoms with E-state index in [0.717, 1.165) is 11.1 Å². The summed E-state index contributed by atoms with van der Waals surface area (Å²) in [4.78, 5) is 14.8. The van der Waals surface area contributed by atoms with Gasteiger partial charge in [0.1, 0.15) is 4.90 Å². The van der Waals surface area contributed by atoms with Crippen molar-refractivity contribution in [3.05, 3.63) is 94.5 Å². The number of halogens is 1. The molecule has 1 aliphatic heterocycles. The first-order valence-electron chi connectivity index (χ1n) is 10.1. The van der Waals surface area contributed by atoms with Crippen molar-refractivity contribution in [2.24, 2.45) is 0 Å². The summed E-state index contributed by atoms with van der Waals surface area (Å²) in [6.07, 6.45) is 0.645. The van der Waals surface area contributed by atoms with Gasteiger partial charge < -0.3 is 4.90 Å². The second-order valence-corrected chi connectivity index (χ2v) is 9.64. The lowest BCUT2D eigenvalue weighted by atomic mass is 10.1. The third-order valence-electron chi connectivity index (χ3n) is 5.48. The average molecular weight is 455 g/mol. The van der Waals surface area contributed by atoms with Crippen molar-refractivity contribution in [3.8, 4) is 0 Å². The molecule has 0 fully saturated rings. The van der Waals surface area contributed by atoms with Crippen molar-refractivity contribution in [2.45, 2.75) is 24.8 Å². The van der Waals surface area contributed by atoms with Crippen LogP contribution in [0.4, 0.5) is 5.69 Å². The highest BCUT2D eigenvalue weighted by Crippen LogP contribution is 2.35. The Hall–Kier alpha value is -2.83. The van der Waals surface area contributed by atoms with Gasteiger partial charge in [-0.2, -0.15) is 0 Å². The number of benzene rings is 3. The van der Waals surface area contributed by atoms with E-state index in [4.69, 9.17) is 11.6 Å². The van der Waals surface area contributed by atoms with Crippen LogP contribution < -0.4 is 4.31 Å². The number of anilines is 1. The molecule has 0 saturated carbocycles. The van der Waals surface area contributed by atoms with Crippen molar-refractivity contribution in [1.29, 1.82) is 0 Å². The lowest BCUT2D eigenvalue weighted by molar-refractivity contribution is 0.0752. The number of carbonyl (C=O) groups is 1. The van der Waals surface area contributed by atoms with E-state index in [9.17, 15) is 13.2 Å². The molecule has 4 rings (SSSR count). The first-order chi connectivity index (χ1) is 14.9. The number of sulfonamides is 1. The Labute approximate surface area is 187 Å². The molecule has 0 unspecified atom stereocenters. The Bertz CT molecular complexity index is 1210. The summed E-state index contributed by atoms with van der Waals surface area (Å²) >= 11 is 6.30. The highest BCUT2D eigenvalue weighted by Gasteiger charge is 2.32. The second kappa shape index (κ2) is 8.73. The highest BCUT2D eigenvalue weighted by atomic mass is 35.5. The third-order valence-corrected chi connectivity index (χ3v) is 7.77. The van der Waals surface area contributed by atoms with E-state index in [-0.39, 0.29) is 15.8 Å². The van der Waals surface area contributed by atoms with E-state index in [0.29, 0.717) is 37.3 Å². The first kappa shape index (κ1) is 21.4. The number of carbonyl (C=O) groups excluding carboxylic acids is 1. The maximum atomic E-state index is 13.4. The Morgan fingerprint density at radius 3 is 2.48 bits per heavy atom. The second-order valence-electron chi connectivity index (χ2n) is 7.41. The number of amides is 1. The van der Waals surface area contributed by atoms with Crippen LogP contribution in [0.2, 0.25) is 5.02 Å². The fourth-order valence-corrected chi connectivity index (χ4v) is 5.83. The minimum atomic E-state index is -3.90. The summed E-state index contributed by atoms with van der Waals surface area (Å²) in [6.45, 7) is 3.19. The fraction of sp³-hybridized carbons (Fsp3) is 0.208. The molecule has 160 valence electrons. The minimum absolute atomic E-state index is 0.0486. The van der Waals surface area contributed by atoms with Crippen LogP contribution in [0.1, 0.15) is 28.4 Å². The monoisotopic (exact) mass is 454 g/mol. The molecular weight excluding hydrogens is 432 g/mol. The molecule has 5 nitrogen and oxygen atoms in total. The predicted octanol–water partition coefficient (Wildman–Crippen LogP) is 4.75. The molecule has 3 aromatic carbocycles. The van der Waals surface area contributed by atoms with Crippen LogP contribution in [0.25, 0.3) is 0 Å². The molecule has 0 aromatic heterocycles. The number of para-hydroxylation sites is 1. The van der Waals surface area contributed by atoms with Crippen LogP contribution in [0.5, 0.6) is 0 Å². The average Bonchev–Trinajstić information content (AvgIpc) is 3.23. The zero-order chi connectivity index (χ0) is 22.0. The molecule has 3 aromatic rings. The Morgan fingerprint density at radius 2 is 1.74 bits per heavy atom. The smallest absolute Gasteiger partial charge is 0.265 e. The molecule has 0 radical (unpaired) electrons. The number of hydrogen-bond acceptors (Lipinski definition) is 3. The molecule has 1 amide bonds. The van der Waals surface area contributed by atoms with Crippen LogP contribution in [0.15, 0.2) is 77.7 Å². The molecule has 1 heterocycles. The zero-order valence-corrected chi connectivity index (χ0v) is 18.7. The van der Waals surface area contributed by atoms with Gasteiger partial charge in [-0.1, -0.05) is 60.1 Å². The fourth-order valence-electron chi connectivity index (χ4n) is 3.82. The van der Waals surface area contributed by atoms with Crippen molar-refractivity contribution < 1.29 is 13.2 Å². The molecular formula is C24H23ClN2O3S. The number of fused-ring (bicyclic) bond motifs is 1. The summed E-state index contributed by atoms with van der Waals surface area (Å²) in [6, 6.07) is 21.6. The van der Waals surface area contributed by atoms with Gasteiger partial charge in [-0.05, 0) is 48.7 Å². The van der Waals surface area contributed by atoms with Crippen LogP contribution in [-0.2, 0) is 23.0 Å². The number of nitrogens with zero attached hydrogens (tertiary/aromatic N) is 2. The third kappa shape index (κ3) is 4.18. The van der Waals surface area contributed by atoms with E-state index in [1.165, 1.54) is 16.4 Å². The SMILES string of the molecule is CCN(Cc1ccccc1)C(=O)c1ccc(Cl)c(S(=O)(=O)N2CCc3ccccc32)c1. The molecule has 0 saturated heterocycles. The molecule has 7 heteroatoms. The van der Waals surface area contributed by atoms with Gasteiger partial charge in [-0.3, -0.25) is 9.10 Å². The van der Waals surface area contributed by atoms with E-state index in [2.05, 4.69) is 0 Å². The van der Waals surface area contributed by atoms with Gasteiger partial charge in [-0.15, -0.1) is 0 Å². The Kier molecular flexibility index (Phi) is 6.03. The van der Waals surface area contributed by atoms with E-state index < -0.39 is 10.0 Å². The maximum absolute atomic E-state index is 13.4. The van der Waals surface area contributed by atoms with E-state index in [1.807, 2.05) is 55.5 Å². The molecule has 0 bridgehead atoms. The molecule has 31 heavy (non-hydrogen) atoms. The highest BCUT2D eigenvalue weighted by molar-refractivity contribution is 7.93. The molecule has 0 spiro atoms. The maximum Gasteiger partial charge on any atom is 0.265 e. The van der Waals surface area contributed by atoms with Gasteiger partial charge >= 0.3 is 0 Å². The van der Waals surface area contributed by atoms with Gasteiger partial charge in [0.05, 0.1) is 10.7 Å². The van der Waals surface area contributed by atoms with E-state index in [1.54, 1.807) is 17.0 Å². The Morgan fingerprint density at radius 1 is 1.03 bits per heavy atom. The Balaban J connectivity index is 1.66. The van der Waals surface area contributed by atoms with Crippen molar-refractivity contribution in [1.82, 2.24) is 4.90 Å². The summed E-state index contributed by atoms with van der Waals surface area (Å²) in [7, 11) is -3.90. The normalized spacial score (nSPS) is 13.2. The zero-order valence-electron chi connectivity index (χ0n) is 17.2. The van der Waals surface area contributed by atoms with Crippen LogP contribution in [0, 0.1) is 0 Å². The van der Waals surface area contributed by atoms with Crippen LogP contribution in [0.3, 0.4) is 0 Å². The van der Waals surface area contributed by atoms with Gasteiger partial charge in [-0.25, -0.2) is 8.42 Å². The summed E-state index contributed by atoms with van der Waals surface area (Å²) in [5, 5.41) is 0.104. The van der Waals surface area contributed by atoms with Crippen molar-refractivity contribution in [2.75, 3.05) is 17.4 Å². The van der Waals surface area contributed by atoms with Crippen LogP contribution >= 0.6 is 11.6 Å². The lowest BCUT2D eigenvalue weighted by Crippen LogP contribution is -2.31. The molecule has 1 aliphatic rings. The van der Waals surface area contributed by atoms with Gasteiger partial charge in [0.25, 0.3) is 15.9 Å². The molecule has 0 atom stereocenters. The van der Waals surface area contributed by atoms with Crippen molar-refractivity contribution >= 4 is 33.2 Å². The van der Waals surface area contributed by atoms with Crippen LogP contribution in [-0.4, -0.2) is 32.3 Å². The lowest BCUT2D eigenvalue weighted by Gasteiger charge is -2.23. The minimum Gasteiger partial charge on any atom is -0.335 e. The quantitative estimate of drug-likeness (QED) is 0.539. The first-order valence-corrected chi connectivity index (χ1v) is 12.0. The largest absolute Gasteiger partial charge is 0.335 e. The molecule has 0 N–H and O–H groups in total. The van der Waals surface area contributed by atoms with Crippen molar-refractivity contribution in [3.63, 3.8) is 0 Å². The van der Waals surface area contributed by atoms with Gasteiger partial charge in [0, 0.05) is 25.2 Å². The molecule has 0 aliphatic carbocycles. The summed E-state index contributed by atoms with van der Waals surface area (Å²) < 4.78 is 28.3. The van der Waals surface area contributed by atoms with Gasteiger partial charge in [0.15, 0.2) is 0 Å².